The summed E-state index contributed by atoms with van der Waals surface area (Å²) in [6.45, 7) is 1.36. The molecule has 1 aromatic carbocycles. The third kappa shape index (κ3) is 3.70. The van der Waals surface area contributed by atoms with Crippen molar-refractivity contribution in [1.29, 1.82) is 0 Å². The maximum absolute atomic E-state index is 12.1. The number of carbonyl (C=O) groups excluding carboxylic acids is 1. The highest BCUT2D eigenvalue weighted by atomic mass is 32.2. The number of benzene rings is 1. The molecule has 1 amide bonds. The quantitative estimate of drug-likeness (QED) is 0.843. The van der Waals surface area contributed by atoms with Gasteiger partial charge in [0.25, 0.3) is 0 Å². The standard InChI is InChI=1S/C15H22N2O3S/c1-19-15(13(16)21-2)8-9-17(11-15)14(18)20-10-12-6-4-3-5-7-12/h3-7,13H,8-11,16H2,1-2H3. The lowest BCUT2D eigenvalue weighted by Crippen LogP contribution is -2.50. The molecule has 5 nitrogen and oxygen atoms in total. The van der Waals surface area contributed by atoms with Crippen LogP contribution in [-0.2, 0) is 16.1 Å². The summed E-state index contributed by atoms with van der Waals surface area (Å²) >= 11 is 1.54. The molecular formula is C15H22N2O3S. The Kier molecular flexibility index (Phi) is 5.50. The Hall–Kier alpha value is -1.24. The zero-order valence-electron chi connectivity index (χ0n) is 12.5. The number of hydrogen-bond donors (Lipinski definition) is 1. The molecule has 1 fully saturated rings. The predicted octanol–water partition coefficient (Wildman–Crippen LogP) is 2.06. The smallest absolute Gasteiger partial charge is 0.410 e. The average molecular weight is 310 g/mol. The summed E-state index contributed by atoms with van der Waals surface area (Å²) < 4.78 is 10.9. The van der Waals surface area contributed by atoms with Gasteiger partial charge in [-0.1, -0.05) is 30.3 Å². The van der Waals surface area contributed by atoms with Gasteiger partial charge in [-0.15, -0.1) is 11.8 Å². The van der Waals surface area contributed by atoms with Crippen LogP contribution in [0.2, 0.25) is 0 Å². The van der Waals surface area contributed by atoms with Crippen LogP contribution in [0.3, 0.4) is 0 Å². The van der Waals surface area contributed by atoms with E-state index in [1.807, 2.05) is 36.6 Å². The normalized spacial score (nSPS) is 23.1. The fraction of sp³-hybridized carbons (Fsp3) is 0.533. The summed E-state index contributed by atoms with van der Waals surface area (Å²) in [5.41, 5.74) is 6.61. The third-order valence-corrected chi connectivity index (χ3v) is 4.84. The average Bonchev–Trinajstić information content (AvgIpc) is 2.98. The largest absolute Gasteiger partial charge is 0.445 e. The van der Waals surface area contributed by atoms with Gasteiger partial charge >= 0.3 is 6.09 Å². The zero-order chi connectivity index (χ0) is 15.3. The Morgan fingerprint density at radius 3 is 2.81 bits per heavy atom. The van der Waals surface area contributed by atoms with E-state index < -0.39 is 5.60 Å². The van der Waals surface area contributed by atoms with Crippen LogP contribution < -0.4 is 5.73 Å². The van der Waals surface area contributed by atoms with Gasteiger partial charge in [0.15, 0.2) is 0 Å². The number of amides is 1. The van der Waals surface area contributed by atoms with Crippen molar-refractivity contribution in [3.05, 3.63) is 35.9 Å². The van der Waals surface area contributed by atoms with E-state index in [-0.39, 0.29) is 18.1 Å². The second-order valence-corrected chi connectivity index (χ2v) is 6.12. The van der Waals surface area contributed by atoms with E-state index >= 15 is 0 Å². The van der Waals surface area contributed by atoms with E-state index in [0.717, 1.165) is 12.0 Å². The minimum atomic E-state index is -0.481. The molecule has 0 bridgehead atoms. The molecule has 0 aliphatic carbocycles. The van der Waals surface area contributed by atoms with Crippen LogP contribution in [0, 0.1) is 0 Å². The second-order valence-electron chi connectivity index (χ2n) is 5.14. The SMILES string of the molecule is COC1(C(N)SC)CCN(C(=O)OCc2ccccc2)C1. The van der Waals surface area contributed by atoms with Crippen LogP contribution in [0.15, 0.2) is 30.3 Å². The minimum absolute atomic E-state index is 0.158. The lowest BCUT2D eigenvalue weighted by Gasteiger charge is -2.32. The lowest BCUT2D eigenvalue weighted by molar-refractivity contribution is -0.00268. The van der Waals surface area contributed by atoms with Crippen molar-refractivity contribution in [3.63, 3.8) is 0 Å². The van der Waals surface area contributed by atoms with E-state index in [4.69, 9.17) is 15.2 Å². The molecule has 1 aliphatic rings. The highest BCUT2D eigenvalue weighted by Crippen LogP contribution is 2.32. The number of methoxy groups -OCH3 is 1. The fourth-order valence-electron chi connectivity index (χ4n) is 2.50. The van der Waals surface area contributed by atoms with Crippen LogP contribution in [0.1, 0.15) is 12.0 Å². The number of nitrogens with two attached hydrogens (primary N) is 1. The number of thioether (sulfide) groups is 1. The Labute approximate surface area is 129 Å². The van der Waals surface area contributed by atoms with E-state index in [9.17, 15) is 4.79 Å². The highest BCUT2D eigenvalue weighted by molar-refractivity contribution is 7.99. The van der Waals surface area contributed by atoms with Gasteiger partial charge in [-0.3, -0.25) is 0 Å². The second kappa shape index (κ2) is 7.15. The van der Waals surface area contributed by atoms with Crippen molar-refractivity contribution in [2.24, 2.45) is 5.73 Å². The monoisotopic (exact) mass is 310 g/mol. The molecule has 6 heteroatoms. The van der Waals surface area contributed by atoms with Gasteiger partial charge in [-0.2, -0.15) is 0 Å². The summed E-state index contributed by atoms with van der Waals surface area (Å²) in [6.07, 6.45) is 2.36. The van der Waals surface area contributed by atoms with Crippen LogP contribution in [0.25, 0.3) is 0 Å². The molecule has 21 heavy (non-hydrogen) atoms. The predicted molar refractivity (Wildman–Crippen MR) is 84.0 cm³/mol. The third-order valence-electron chi connectivity index (χ3n) is 3.91. The van der Waals surface area contributed by atoms with Gasteiger partial charge in [0.1, 0.15) is 12.2 Å². The molecule has 1 aromatic rings. The maximum Gasteiger partial charge on any atom is 0.410 e. The lowest BCUT2D eigenvalue weighted by atomic mass is 10.0. The summed E-state index contributed by atoms with van der Waals surface area (Å²) in [7, 11) is 1.65. The number of ether oxygens (including phenoxy) is 2. The molecule has 2 unspecified atom stereocenters. The number of likely N-dealkylation sites (tertiary alicyclic amines) is 1. The Morgan fingerprint density at radius 2 is 2.19 bits per heavy atom. The topological polar surface area (TPSA) is 64.8 Å². The molecule has 0 aromatic heterocycles. The van der Waals surface area contributed by atoms with Crippen molar-refractivity contribution in [2.75, 3.05) is 26.5 Å². The highest BCUT2D eigenvalue weighted by Gasteiger charge is 2.45. The maximum atomic E-state index is 12.1. The van der Waals surface area contributed by atoms with Crippen LogP contribution >= 0.6 is 11.8 Å². The molecule has 0 saturated carbocycles. The van der Waals surface area contributed by atoms with E-state index in [0.29, 0.717) is 13.1 Å². The molecule has 2 N–H and O–H groups in total. The molecule has 2 rings (SSSR count). The molecule has 1 aliphatic heterocycles. The first kappa shape index (κ1) is 16.1. The van der Waals surface area contributed by atoms with Gasteiger partial charge in [0.05, 0.1) is 11.9 Å². The molecule has 0 radical (unpaired) electrons. The number of nitrogens with zero attached hydrogens (tertiary/aromatic N) is 1. The summed E-state index contributed by atoms with van der Waals surface area (Å²) in [6, 6.07) is 9.64. The Balaban J connectivity index is 1.90. The van der Waals surface area contributed by atoms with Gasteiger partial charge in [-0.25, -0.2) is 4.79 Å². The molecule has 0 spiro atoms. The molecule has 116 valence electrons. The first-order chi connectivity index (χ1) is 10.1. The van der Waals surface area contributed by atoms with E-state index in [2.05, 4.69) is 0 Å². The van der Waals surface area contributed by atoms with Crippen LogP contribution in [0.5, 0.6) is 0 Å². The zero-order valence-corrected chi connectivity index (χ0v) is 13.3. The van der Waals surface area contributed by atoms with Crippen LogP contribution in [-0.4, -0.2) is 48.4 Å². The molecule has 1 saturated heterocycles. The fourth-order valence-corrected chi connectivity index (χ4v) is 3.22. The number of hydrogen-bond acceptors (Lipinski definition) is 5. The van der Waals surface area contributed by atoms with Crippen molar-refractivity contribution >= 4 is 17.9 Å². The van der Waals surface area contributed by atoms with E-state index in [1.54, 1.807) is 23.8 Å². The molecule has 1 heterocycles. The van der Waals surface area contributed by atoms with Crippen molar-refractivity contribution in [3.8, 4) is 0 Å². The van der Waals surface area contributed by atoms with Gasteiger partial charge in [0.2, 0.25) is 0 Å². The van der Waals surface area contributed by atoms with Crippen LogP contribution in [0.4, 0.5) is 4.79 Å². The molecule has 2 atom stereocenters. The van der Waals surface area contributed by atoms with Crippen molar-refractivity contribution < 1.29 is 14.3 Å². The van der Waals surface area contributed by atoms with Gasteiger partial charge in [-0.05, 0) is 18.2 Å². The van der Waals surface area contributed by atoms with Gasteiger partial charge < -0.3 is 20.1 Å². The first-order valence-electron chi connectivity index (χ1n) is 6.90. The minimum Gasteiger partial charge on any atom is -0.445 e. The Bertz CT molecular complexity index is 471. The number of rotatable bonds is 5. The summed E-state index contributed by atoms with van der Waals surface area (Å²) in [5, 5.41) is -0.158. The van der Waals surface area contributed by atoms with E-state index in [1.165, 1.54) is 0 Å². The first-order valence-corrected chi connectivity index (χ1v) is 8.19. The molecular weight excluding hydrogens is 288 g/mol. The Morgan fingerprint density at radius 1 is 1.48 bits per heavy atom. The summed E-state index contributed by atoms with van der Waals surface area (Å²) in [4.78, 5) is 13.8. The van der Waals surface area contributed by atoms with Crippen molar-refractivity contribution in [1.82, 2.24) is 4.90 Å². The van der Waals surface area contributed by atoms with Gasteiger partial charge in [0, 0.05) is 13.7 Å². The number of carbonyl (C=O) groups is 1. The summed E-state index contributed by atoms with van der Waals surface area (Å²) in [5.74, 6) is 0. The van der Waals surface area contributed by atoms with Crippen molar-refractivity contribution in [2.45, 2.75) is 24.0 Å².